The maximum absolute atomic E-state index is 12.3. The first-order valence-corrected chi connectivity index (χ1v) is 6.00. The Morgan fingerprint density at radius 1 is 1.37 bits per heavy atom. The fourth-order valence-electron chi connectivity index (χ4n) is 1.47. The van der Waals surface area contributed by atoms with Crippen molar-refractivity contribution >= 4 is 12.0 Å². The summed E-state index contributed by atoms with van der Waals surface area (Å²) in [5.41, 5.74) is 0. The SMILES string of the molecule is CC[C@H](C)[C@H](NC(=O)N(CCO)CC(F)F)C(=O)O. The molecule has 3 N–H and O–H groups in total. The molecule has 0 aromatic carbocycles. The lowest BCUT2D eigenvalue weighted by molar-refractivity contribution is -0.140. The lowest BCUT2D eigenvalue weighted by Crippen LogP contribution is -2.52. The van der Waals surface area contributed by atoms with Gasteiger partial charge in [-0.25, -0.2) is 18.4 Å². The average molecular weight is 282 g/mol. The van der Waals surface area contributed by atoms with E-state index >= 15 is 0 Å². The van der Waals surface area contributed by atoms with Crippen molar-refractivity contribution in [3.8, 4) is 0 Å². The molecule has 0 saturated carbocycles. The Hall–Kier alpha value is -1.44. The van der Waals surface area contributed by atoms with Crippen LogP contribution in [0.4, 0.5) is 13.6 Å². The van der Waals surface area contributed by atoms with Crippen LogP contribution in [0.5, 0.6) is 0 Å². The number of aliphatic carboxylic acids is 1. The van der Waals surface area contributed by atoms with E-state index < -0.39 is 37.6 Å². The molecular weight excluding hydrogens is 262 g/mol. The maximum Gasteiger partial charge on any atom is 0.326 e. The Kier molecular flexibility index (Phi) is 7.97. The number of nitrogens with one attached hydrogen (secondary N) is 1. The van der Waals surface area contributed by atoms with E-state index in [1.54, 1.807) is 13.8 Å². The molecule has 0 aromatic rings. The maximum atomic E-state index is 12.3. The molecule has 2 atom stereocenters. The molecule has 8 heteroatoms. The molecule has 0 aliphatic heterocycles. The number of halogens is 2. The Balaban J connectivity index is 4.70. The summed E-state index contributed by atoms with van der Waals surface area (Å²) in [6, 6.07) is -2.06. The van der Waals surface area contributed by atoms with Crippen LogP contribution in [0.3, 0.4) is 0 Å². The van der Waals surface area contributed by atoms with Gasteiger partial charge in [0.2, 0.25) is 0 Å². The van der Waals surface area contributed by atoms with Gasteiger partial charge in [-0.15, -0.1) is 0 Å². The minimum atomic E-state index is -2.75. The van der Waals surface area contributed by atoms with Crippen LogP contribution in [0.2, 0.25) is 0 Å². The third-order valence-corrected chi connectivity index (χ3v) is 2.77. The van der Waals surface area contributed by atoms with Crippen molar-refractivity contribution in [2.75, 3.05) is 19.7 Å². The molecule has 0 aromatic heterocycles. The summed E-state index contributed by atoms with van der Waals surface area (Å²) in [6.45, 7) is 1.81. The number of urea groups is 1. The van der Waals surface area contributed by atoms with E-state index in [2.05, 4.69) is 5.32 Å². The van der Waals surface area contributed by atoms with Crippen molar-refractivity contribution < 1.29 is 28.6 Å². The minimum Gasteiger partial charge on any atom is -0.480 e. The van der Waals surface area contributed by atoms with Gasteiger partial charge >= 0.3 is 12.0 Å². The summed E-state index contributed by atoms with van der Waals surface area (Å²) < 4.78 is 24.5. The van der Waals surface area contributed by atoms with Gasteiger partial charge in [0, 0.05) is 6.54 Å². The number of alkyl halides is 2. The van der Waals surface area contributed by atoms with Gasteiger partial charge in [-0.1, -0.05) is 20.3 Å². The lowest BCUT2D eigenvalue weighted by atomic mass is 9.99. The molecule has 0 saturated heterocycles. The molecule has 0 unspecified atom stereocenters. The van der Waals surface area contributed by atoms with E-state index in [4.69, 9.17) is 10.2 Å². The average Bonchev–Trinajstić information content (AvgIpc) is 2.33. The van der Waals surface area contributed by atoms with Gasteiger partial charge in [0.05, 0.1) is 13.2 Å². The first-order valence-electron chi connectivity index (χ1n) is 6.00. The van der Waals surface area contributed by atoms with E-state index in [9.17, 15) is 18.4 Å². The molecule has 0 aliphatic rings. The second-order valence-corrected chi connectivity index (χ2v) is 4.21. The normalized spacial score (nSPS) is 14.0. The lowest BCUT2D eigenvalue weighted by Gasteiger charge is -2.26. The predicted octanol–water partition coefficient (Wildman–Crippen LogP) is 0.755. The Morgan fingerprint density at radius 2 is 1.95 bits per heavy atom. The Bertz CT molecular complexity index is 302. The summed E-state index contributed by atoms with van der Waals surface area (Å²) in [6.07, 6.45) is -2.23. The molecule has 2 amide bonds. The number of amides is 2. The zero-order chi connectivity index (χ0) is 15.0. The molecule has 112 valence electrons. The molecule has 0 aliphatic carbocycles. The largest absolute Gasteiger partial charge is 0.480 e. The monoisotopic (exact) mass is 282 g/mol. The van der Waals surface area contributed by atoms with Crippen LogP contribution in [-0.2, 0) is 4.79 Å². The van der Waals surface area contributed by atoms with Crippen molar-refractivity contribution in [2.45, 2.75) is 32.7 Å². The molecule has 0 fully saturated rings. The van der Waals surface area contributed by atoms with E-state index in [0.717, 1.165) is 0 Å². The van der Waals surface area contributed by atoms with E-state index in [1.165, 1.54) is 0 Å². The van der Waals surface area contributed by atoms with Crippen molar-refractivity contribution in [3.63, 3.8) is 0 Å². The van der Waals surface area contributed by atoms with Gasteiger partial charge < -0.3 is 20.4 Å². The smallest absolute Gasteiger partial charge is 0.326 e. The van der Waals surface area contributed by atoms with Crippen molar-refractivity contribution in [1.29, 1.82) is 0 Å². The summed E-state index contributed by atoms with van der Waals surface area (Å²) in [5.74, 6) is -1.55. The molecular formula is C11H20F2N2O4. The van der Waals surface area contributed by atoms with E-state index in [0.29, 0.717) is 11.3 Å². The third-order valence-electron chi connectivity index (χ3n) is 2.77. The van der Waals surface area contributed by atoms with Crippen LogP contribution in [0.15, 0.2) is 0 Å². The number of nitrogens with zero attached hydrogens (tertiary/aromatic N) is 1. The highest BCUT2D eigenvalue weighted by Gasteiger charge is 2.28. The van der Waals surface area contributed by atoms with Gasteiger partial charge in [0.25, 0.3) is 6.43 Å². The summed E-state index contributed by atoms with van der Waals surface area (Å²) in [7, 11) is 0. The number of rotatable bonds is 8. The van der Waals surface area contributed by atoms with Gasteiger partial charge in [0.1, 0.15) is 6.04 Å². The molecule has 6 nitrogen and oxygen atoms in total. The van der Waals surface area contributed by atoms with Gasteiger partial charge in [-0.3, -0.25) is 0 Å². The zero-order valence-corrected chi connectivity index (χ0v) is 11.0. The Morgan fingerprint density at radius 3 is 2.32 bits per heavy atom. The Labute approximate surface area is 110 Å². The summed E-state index contributed by atoms with van der Waals surface area (Å²) in [4.78, 5) is 23.4. The van der Waals surface area contributed by atoms with Crippen molar-refractivity contribution in [2.24, 2.45) is 5.92 Å². The number of hydrogen-bond acceptors (Lipinski definition) is 3. The predicted molar refractivity (Wildman–Crippen MR) is 64.1 cm³/mol. The fourth-order valence-corrected chi connectivity index (χ4v) is 1.47. The number of aliphatic hydroxyl groups excluding tert-OH is 1. The number of carboxylic acid groups (broad SMARTS) is 1. The van der Waals surface area contributed by atoms with Gasteiger partial charge in [-0.2, -0.15) is 0 Å². The molecule has 0 heterocycles. The van der Waals surface area contributed by atoms with Crippen LogP contribution in [0.25, 0.3) is 0 Å². The molecule has 19 heavy (non-hydrogen) atoms. The van der Waals surface area contributed by atoms with Crippen molar-refractivity contribution in [3.05, 3.63) is 0 Å². The highest BCUT2D eigenvalue weighted by atomic mass is 19.3. The molecule has 0 radical (unpaired) electrons. The molecule has 0 spiro atoms. The third kappa shape index (κ3) is 6.32. The van der Waals surface area contributed by atoms with E-state index in [-0.39, 0.29) is 12.5 Å². The van der Waals surface area contributed by atoms with Crippen LogP contribution in [0, 0.1) is 5.92 Å². The highest BCUT2D eigenvalue weighted by Crippen LogP contribution is 2.09. The number of hydrogen-bond donors (Lipinski definition) is 3. The zero-order valence-electron chi connectivity index (χ0n) is 11.0. The number of aliphatic hydroxyl groups is 1. The van der Waals surface area contributed by atoms with Crippen LogP contribution in [0.1, 0.15) is 20.3 Å². The topological polar surface area (TPSA) is 89.9 Å². The minimum absolute atomic E-state index is 0.275. The van der Waals surface area contributed by atoms with Gasteiger partial charge in [-0.05, 0) is 5.92 Å². The summed E-state index contributed by atoms with van der Waals surface area (Å²) in [5, 5.41) is 19.9. The summed E-state index contributed by atoms with van der Waals surface area (Å²) >= 11 is 0. The molecule has 0 rings (SSSR count). The van der Waals surface area contributed by atoms with E-state index in [1.807, 2.05) is 0 Å². The first kappa shape index (κ1) is 17.6. The van der Waals surface area contributed by atoms with Gasteiger partial charge in [0.15, 0.2) is 0 Å². The van der Waals surface area contributed by atoms with Crippen LogP contribution < -0.4 is 5.32 Å². The van der Waals surface area contributed by atoms with Crippen molar-refractivity contribution in [1.82, 2.24) is 10.2 Å². The van der Waals surface area contributed by atoms with Crippen LogP contribution >= 0.6 is 0 Å². The second kappa shape index (κ2) is 8.63. The number of carbonyl (C=O) groups excluding carboxylic acids is 1. The standard InChI is InChI=1S/C11H20F2N2O4/c1-3-7(2)9(10(17)18)14-11(19)15(4-5-16)6-8(12)13/h7-9,16H,3-6H2,1-2H3,(H,14,19)(H,17,18)/t7-,9-/m0/s1. The number of carboxylic acids is 1. The quantitative estimate of drug-likeness (QED) is 0.613. The second-order valence-electron chi connectivity index (χ2n) is 4.21. The number of carbonyl (C=O) groups is 2. The first-order chi connectivity index (χ1) is 8.83. The fraction of sp³-hybridized carbons (Fsp3) is 0.818. The highest BCUT2D eigenvalue weighted by molar-refractivity contribution is 5.82. The molecule has 0 bridgehead atoms. The van der Waals surface area contributed by atoms with Crippen LogP contribution in [-0.4, -0.2) is 59.3 Å².